The average molecular weight is 282 g/mol. The number of rotatable bonds is 6. The van der Waals surface area contributed by atoms with Gasteiger partial charge in [-0.05, 0) is 37.8 Å². The van der Waals surface area contributed by atoms with Gasteiger partial charge in [-0.1, -0.05) is 12.2 Å². The Hall–Kier alpha value is -1.11. The molecule has 0 aliphatic heterocycles. The summed E-state index contributed by atoms with van der Waals surface area (Å²) in [5, 5.41) is 3.30. The molecule has 1 aromatic heterocycles. The van der Waals surface area contributed by atoms with Crippen LogP contribution in [0.2, 0.25) is 0 Å². The molecule has 2 aliphatic carbocycles. The van der Waals surface area contributed by atoms with E-state index in [1.165, 1.54) is 18.9 Å². The molecule has 5 nitrogen and oxygen atoms in total. The lowest BCUT2D eigenvalue weighted by Crippen LogP contribution is -2.32. The number of hydrogen-bond acceptors (Lipinski definition) is 4. The first-order valence-electron chi connectivity index (χ1n) is 6.63. The average Bonchev–Trinajstić information content (AvgIpc) is 2.87. The van der Waals surface area contributed by atoms with Crippen LogP contribution in [-0.2, 0) is 16.6 Å². The van der Waals surface area contributed by atoms with E-state index in [1.807, 2.05) is 12.2 Å². The van der Waals surface area contributed by atoms with Crippen LogP contribution in [0.5, 0.6) is 0 Å². The molecule has 0 bridgehead atoms. The normalized spacial score (nSPS) is 20.2. The highest BCUT2D eigenvalue weighted by Crippen LogP contribution is 2.21. The van der Waals surface area contributed by atoms with E-state index in [-0.39, 0.29) is 11.1 Å². The molecule has 0 unspecified atom stereocenters. The quantitative estimate of drug-likeness (QED) is 0.776. The van der Waals surface area contributed by atoms with E-state index in [1.54, 1.807) is 6.07 Å². The Morgan fingerprint density at radius 3 is 2.58 bits per heavy atom. The van der Waals surface area contributed by atoms with Crippen molar-refractivity contribution in [2.75, 3.05) is 0 Å². The van der Waals surface area contributed by atoms with Gasteiger partial charge in [0.05, 0.1) is 6.54 Å². The molecule has 1 aromatic rings. The maximum Gasteiger partial charge on any atom is 0.274 e. The van der Waals surface area contributed by atoms with Gasteiger partial charge in [-0.15, -0.1) is 0 Å². The minimum absolute atomic E-state index is 0.00648. The monoisotopic (exact) mass is 282 g/mol. The summed E-state index contributed by atoms with van der Waals surface area (Å²) in [4.78, 5) is 0. The van der Waals surface area contributed by atoms with Crippen molar-refractivity contribution in [1.29, 1.82) is 0 Å². The molecule has 6 heteroatoms. The van der Waals surface area contributed by atoms with E-state index in [0.717, 1.165) is 12.8 Å². The van der Waals surface area contributed by atoms with E-state index in [4.69, 9.17) is 4.42 Å². The summed E-state index contributed by atoms with van der Waals surface area (Å²) in [7, 11) is -3.53. The standard InChI is InChI=1S/C13H18N2O3S/c16-19(17,15-11-3-1-2-4-11)13-8-7-12(18-13)9-14-10-5-6-10/h1-2,7-8,10-11,14-15H,3-6,9H2. The number of sulfonamides is 1. The molecular formula is C13H18N2O3S. The molecule has 2 N–H and O–H groups in total. The summed E-state index contributed by atoms with van der Waals surface area (Å²) in [6.07, 6.45) is 7.86. The molecule has 1 fully saturated rings. The molecule has 0 radical (unpaired) electrons. The minimum atomic E-state index is -3.53. The van der Waals surface area contributed by atoms with Crippen LogP contribution in [0.3, 0.4) is 0 Å². The van der Waals surface area contributed by atoms with Gasteiger partial charge >= 0.3 is 0 Å². The molecule has 3 rings (SSSR count). The summed E-state index contributed by atoms with van der Waals surface area (Å²) in [5.74, 6) is 0.664. The van der Waals surface area contributed by atoms with Crippen LogP contribution >= 0.6 is 0 Å². The Labute approximate surface area is 113 Å². The summed E-state index contributed by atoms with van der Waals surface area (Å²) in [5.41, 5.74) is 0. The van der Waals surface area contributed by atoms with Crippen LogP contribution < -0.4 is 10.0 Å². The summed E-state index contributed by atoms with van der Waals surface area (Å²) >= 11 is 0. The Bertz CT molecular complexity index is 564. The third-order valence-electron chi connectivity index (χ3n) is 3.37. The van der Waals surface area contributed by atoms with Crippen molar-refractivity contribution in [1.82, 2.24) is 10.0 Å². The Morgan fingerprint density at radius 2 is 1.89 bits per heavy atom. The van der Waals surface area contributed by atoms with Crippen LogP contribution in [0.4, 0.5) is 0 Å². The lowest BCUT2D eigenvalue weighted by molar-refractivity contribution is 0.397. The molecule has 0 spiro atoms. The van der Waals surface area contributed by atoms with E-state index >= 15 is 0 Å². The fourth-order valence-corrected chi connectivity index (χ4v) is 3.33. The molecule has 0 saturated heterocycles. The van der Waals surface area contributed by atoms with Gasteiger partial charge in [-0.3, -0.25) is 0 Å². The fourth-order valence-electron chi connectivity index (χ4n) is 2.12. The molecule has 1 saturated carbocycles. The zero-order chi connectivity index (χ0) is 13.3. The predicted molar refractivity (Wildman–Crippen MR) is 71.1 cm³/mol. The van der Waals surface area contributed by atoms with Gasteiger partial charge in [0, 0.05) is 12.1 Å². The number of furan rings is 1. The number of hydrogen-bond donors (Lipinski definition) is 2. The Morgan fingerprint density at radius 1 is 1.16 bits per heavy atom. The minimum Gasteiger partial charge on any atom is -0.447 e. The Balaban J connectivity index is 1.62. The van der Waals surface area contributed by atoms with E-state index in [9.17, 15) is 8.42 Å². The van der Waals surface area contributed by atoms with Crippen molar-refractivity contribution in [3.05, 3.63) is 30.0 Å². The first kappa shape index (κ1) is 12.9. The topological polar surface area (TPSA) is 71.3 Å². The molecule has 0 amide bonds. The van der Waals surface area contributed by atoms with Gasteiger partial charge in [0.15, 0.2) is 0 Å². The number of nitrogens with one attached hydrogen (secondary N) is 2. The van der Waals surface area contributed by atoms with Gasteiger partial charge in [-0.2, -0.15) is 0 Å². The van der Waals surface area contributed by atoms with Gasteiger partial charge in [0.2, 0.25) is 5.09 Å². The third-order valence-corrected chi connectivity index (χ3v) is 4.77. The fraction of sp³-hybridized carbons (Fsp3) is 0.538. The largest absolute Gasteiger partial charge is 0.447 e. The Kier molecular flexibility index (Phi) is 3.47. The maximum absolute atomic E-state index is 12.1. The molecule has 104 valence electrons. The van der Waals surface area contributed by atoms with Gasteiger partial charge in [0.1, 0.15) is 5.76 Å². The summed E-state index contributed by atoms with van der Waals surface area (Å²) < 4.78 is 32.3. The van der Waals surface area contributed by atoms with Crippen LogP contribution in [0.25, 0.3) is 0 Å². The highest BCUT2D eigenvalue weighted by molar-refractivity contribution is 7.89. The zero-order valence-electron chi connectivity index (χ0n) is 10.6. The van der Waals surface area contributed by atoms with Crippen molar-refractivity contribution < 1.29 is 12.8 Å². The van der Waals surface area contributed by atoms with Crippen molar-refractivity contribution in [2.45, 2.75) is 49.4 Å². The smallest absolute Gasteiger partial charge is 0.274 e. The second kappa shape index (κ2) is 5.11. The molecule has 0 atom stereocenters. The highest BCUT2D eigenvalue weighted by atomic mass is 32.2. The maximum atomic E-state index is 12.1. The zero-order valence-corrected chi connectivity index (χ0v) is 11.4. The molecule has 19 heavy (non-hydrogen) atoms. The lowest BCUT2D eigenvalue weighted by Gasteiger charge is -2.10. The molecule has 1 heterocycles. The predicted octanol–water partition coefficient (Wildman–Crippen LogP) is 1.53. The molecule has 2 aliphatic rings. The van der Waals surface area contributed by atoms with Crippen LogP contribution in [0, 0.1) is 0 Å². The third kappa shape index (κ3) is 3.26. The van der Waals surface area contributed by atoms with Gasteiger partial charge < -0.3 is 9.73 Å². The lowest BCUT2D eigenvalue weighted by atomic mass is 10.3. The second-order valence-electron chi connectivity index (χ2n) is 5.14. The van der Waals surface area contributed by atoms with Crippen LogP contribution in [-0.4, -0.2) is 20.5 Å². The summed E-state index contributed by atoms with van der Waals surface area (Å²) in [6, 6.07) is 3.78. The van der Waals surface area contributed by atoms with Crippen LogP contribution in [0.15, 0.2) is 33.8 Å². The van der Waals surface area contributed by atoms with Gasteiger partial charge in [0.25, 0.3) is 10.0 Å². The first-order valence-corrected chi connectivity index (χ1v) is 8.11. The van der Waals surface area contributed by atoms with Crippen molar-refractivity contribution in [2.24, 2.45) is 0 Å². The van der Waals surface area contributed by atoms with Crippen molar-refractivity contribution >= 4 is 10.0 Å². The summed E-state index contributed by atoms with van der Waals surface area (Å²) in [6.45, 7) is 0.588. The second-order valence-corrected chi connectivity index (χ2v) is 6.78. The SMILES string of the molecule is O=S(=O)(NC1CC=CC1)c1ccc(CNC2CC2)o1. The van der Waals surface area contributed by atoms with Crippen molar-refractivity contribution in [3.63, 3.8) is 0 Å². The molecule has 0 aromatic carbocycles. The molecular weight excluding hydrogens is 264 g/mol. The first-order chi connectivity index (χ1) is 9.13. The highest BCUT2D eigenvalue weighted by Gasteiger charge is 2.24. The van der Waals surface area contributed by atoms with Gasteiger partial charge in [-0.25, -0.2) is 13.1 Å². The van der Waals surface area contributed by atoms with E-state index in [0.29, 0.717) is 18.3 Å². The van der Waals surface area contributed by atoms with Crippen molar-refractivity contribution in [3.8, 4) is 0 Å². The van der Waals surface area contributed by atoms with E-state index < -0.39 is 10.0 Å². The van der Waals surface area contributed by atoms with E-state index in [2.05, 4.69) is 10.0 Å². The van der Waals surface area contributed by atoms with Crippen LogP contribution in [0.1, 0.15) is 31.4 Å².